The van der Waals surface area contributed by atoms with Gasteiger partial charge >= 0.3 is 0 Å². The predicted molar refractivity (Wildman–Crippen MR) is 95.9 cm³/mol. The molecule has 1 aliphatic heterocycles. The Labute approximate surface area is 148 Å². The third-order valence-electron chi connectivity index (χ3n) is 4.41. The SMILES string of the molecule is CNCC1CCN(C(=O)c2cn(-c3ccc(C)cc3)nn2)CC1.Cl. The first-order valence-corrected chi connectivity index (χ1v) is 8.10. The van der Waals surface area contributed by atoms with Crippen molar-refractivity contribution in [3.8, 4) is 5.69 Å². The van der Waals surface area contributed by atoms with Crippen molar-refractivity contribution in [1.82, 2.24) is 25.2 Å². The molecule has 1 aromatic heterocycles. The molecule has 0 spiro atoms. The first-order chi connectivity index (χ1) is 11.2. The number of aromatic nitrogens is 3. The molecule has 2 heterocycles. The van der Waals surface area contributed by atoms with E-state index >= 15 is 0 Å². The van der Waals surface area contributed by atoms with Crippen LogP contribution in [0.1, 0.15) is 28.9 Å². The van der Waals surface area contributed by atoms with Gasteiger partial charge in [-0.2, -0.15) is 0 Å². The maximum absolute atomic E-state index is 12.6. The molecule has 1 fully saturated rings. The van der Waals surface area contributed by atoms with Gasteiger partial charge in [0.2, 0.25) is 0 Å². The Morgan fingerprint density at radius 3 is 2.54 bits per heavy atom. The van der Waals surface area contributed by atoms with Crippen molar-refractivity contribution in [1.29, 1.82) is 0 Å². The molecule has 3 rings (SSSR count). The topological polar surface area (TPSA) is 63.1 Å². The first kappa shape index (κ1) is 18.4. The third kappa shape index (κ3) is 4.13. The lowest BCUT2D eigenvalue weighted by molar-refractivity contribution is 0.0685. The highest BCUT2D eigenvalue weighted by Gasteiger charge is 2.25. The molecular formula is C17H24ClN5O. The van der Waals surface area contributed by atoms with E-state index in [1.807, 2.05) is 43.1 Å². The number of nitrogens with one attached hydrogen (secondary N) is 1. The van der Waals surface area contributed by atoms with Gasteiger partial charge in [0.15, 0.2) is 5.69 Å². The number of amides is 1. The summed E-state index contributed by atoms with van der Waals surface area (Å²) < 4.78 is 1.65. The van der Waals surface area contributed by atoms with E-state index in [9.17, 15) is 4.79 Å². The second-order valence-corrected chi connectivity index (χ2v) is 6.18. The molecule has 2 aromatic rings. The molecule has 130 valence electrons. The summed E-state index contributed by atoms with van der Waals surface area (Å²) in [4.78, 5) is 14.4. The minimum absolute atomic E-state index is 0. The van der Waals surface area contributed by atoms with Crippen molar-refractivity contribution >= 4 is 18.3 Å². The van der Waals surface area contributed by atoms with E-state index in [1.54, 1.807) is 10.9 Å². The van der Waals surface area contributed by atoms with Crippen LogP contribution in [0.5, 0.6) is 0 Å². The molecule has 0 atom stereocenters. The van der Waals surface area contributed by atoms with Crippen LogP contribution in [0, 0.1) is 12.8 Å². The summed E-state index contributed by atoms with van der Waals surface area (Å²) in [5.74, 6) is 0.638. The van der Waals surface area contributed by atoms with Crippen LogP contribution in [0.25, 0.3) is 5.69 Å². The fraction of sp³-hybridized carbons (Fsp3) is 0.471. The Morgan fingerprint density at radius 1 is 1.25 bits per heavy atom. The largest absolute Gasteiger partial charge is 0.337 e. The van der Waals surface area contributed by atoms with Crippen molar-refractivity contribution in [2.45, 2.75) is 19.8 Å². The molecular weight excluding hydrogens is 326 g/mol. The second kappa shape index (κ2) is 8.26. The van der Waals surface area contributed by atoms with Crippen molar-refractivity contribution in [2.75, 3.05) is 26.7 Å². The smallest absolute Gasteiger partial charge is 0.276 e. The normalized spacial score (nSPS) is 15.2. The molecule has 1 N–H and O–H groups in total. The lowest BCUT2D eigenvalue weighted by Crippen LogP contribution is -2.40. The third-order valence-corrected chi connectivity index (χ3v) is 4.41. The molecule has 1 aromatic carbocycles. The Hall–Kier alpha value is -1.92. The highest BCUT2D eigenvalue weighted by Crippen LogP contribution is 2.18. The number of benzene rings is 1. The Morgan fingerprint density at radius 2 is 1.92 bits per heavy atom. The summed E-state index contributed by atoms with van der Waals surface area (Å²) in [7, 11) is 1.97. The van der Waals surface area contributed by atoms with Gasteiger partial charge in [-0.25, -0.2) is 4.68 Å². The molecule has 1 aliphatic rings. The lowest BCUT2D eigenvalue weighted by Gasteiger charge is -2.31. The number of hydrogen-bond donors (Lipinski definition) is 1. The zero-order valence-electron chi connectivity index (χ0n) is 14.1. The molecule has 0 aliphatic carbocycles. The maximum atomic E-state index is 12.6. The summed E-state index contributed by atoms with van der Waals surface area (Å²) >= 11 is 0. The number of nitrogens with zero attached hydrogens (tertiary/aromatic N) is 4. The molecule has 0 bridgehead atoms. The monoisotopic (exact) mass is 349 g/mol. The predicted octanol–water partition coefficient (Wildman–Crippen LogP) is 2.07. The van der Waals surface area contributed by atoms with Gasteiger partial charge in [-0.05, 0) is 51.4 Å². The maximum Gasteiger partial charge on any atom is 0.276 e. The number of halogens is 1. The molecule has 0 unspecified atom stereocenters. The number of hydrogen-bond acceptors (Lipinski definition) is 4. The number of carbonyl (C=O) groups excluding carboxylic acids is 1. The van der Waals surface area contributed by atoms with Crippen molar-refractivity contribution in [3.63, 3.8) is 0 Å². The van der Waals surface area contributed by atoms with E-state index in [2.05, 4.69) is 15.6 Å². The molecule has 7 heteroatoms. The van der Waals surface area contributed by atoms with Gasteiger partial charge < -0.3 is 10.2 Å². The Bertz CT molecular complexity index is 662. The highest BCUT2D eigenvalue weighted by atomic mass is 35.5. The van der Waals surface area contributed by atoms with Gasteiger partial charge in [-0.15, -0.1) is 17.5 Å². The van der Waals surface area contributed by atoms with E-state index in [0.717, 1.165) is 38.2 Å². The van der Waals surface area contributed by atoms with Crippen molar-refractivity contribution in [2.24, 2.45) is 5.92 Å². The fourth-order valence-corrected chi connectivity index (χ4v) is 2.98. The van der Waals surface area contributed by atoms with Crippen molar-refractivity contribution in [3.05, 3.63) is 41.7 Å². The van der Waals surface area contributed by atoms with Crippen LogP contribution in [0.3, 0.4) is 0 Å². The van der Waals surface area contributed by atoms with Crippen LogP contribution in [0.15, 0.2) is 30.5 Å². The van der Waals surface area contributed by atoms with Gasteiger partial charge in [-0.1, -0.05) is 22.9 Å². The van der Waals surface area contributed by atoms with E-state index in [-0.39, 0.29) is 18.3 Å². The van der Waals surface area contributed by atoms with Gasteiger partial charge in [0.05, 0.1) is 11.9 Å². The average molecular weight is 350 g/mol. The minimum Gasteiger partial charge on any atom is -0.337 e. The number of likely N-dealkylation sites (tertiary alicyclic amines) is 1. The summed E-state index contributed by atoms with van der Waals surface area (Å²) in [6, 6.07) is 7.99. The van der Waals surface area contributed by atoms with Crippen LogP contribution < -0.4 is 5.32 Å². The average Bonchev–Trinajstić information content (AvgIpc) is 3.06. The van der Waals surface area contributed by atoms with Crippen LogP contribution >= 0.6 is 12.4 Å². The first-order valence-electron chi connectivity index (χ1n) is 8.10. The quantitative estimate of drug-likeness (QED) is 0.917. The summed E-state index contributed by atoms with van der Waals surface area (Å²) in [6.07, 6.45) is 3.80. The lowest BCUT2D eigenvalue weighted by atomic mass is 9.97. The molecule has 0 saturated carbocycles. The van der Waals surface area contributed by atoms with Crippen LogP contribution in [0.2, 0.25) is 0 Å². The van der Waals surface area contributed by atoms with Gasteiger partial charge in [0.25, 0.3) is 5.91 Å². The van der Waals surface area contributed by atoms with E-state index in [4.69, 9.17) is 0 Å². The Kier molecular flexibility index (Phi) is 6.34. The molecule has 6 nitrogen and oxygen atoms in total. The van der Waals surface area contributed by atoms with Crippen LogP contribution in [-0.4, -0.2) is 52.5 Å². The zero-order chi connectivity index (χ0) is 16.2. The highest BCUT2D eigenvalue weighted by molar-refractivity contribution is 5.92. The van der Waals surface area contributed by atoms with Gasteiger partial charge in [0.1, 0.15) is 0 Å². The standard InChI is InChI=1S/C17H23N5O.ClH/c1-13-3-5-15(6-4-13)22-12-16(19-20-22)17(23)21-9-7-14(8-10-21)11-18-2;/h3-6,12,14,18H,7-11H2,1-2H3;1H. The summed E-state index contributed by atoms with van der Waals surface area (Å²) in [6.45, 7) is 4.65. The van der Waals surface area contributed by atoms with Crippen LogP contribution in [0.4, 0.5) is 0 Å². The molecule has 24 heavy (non-hydrogen) atoms. The van der Waals surface area contributed by atoms with E-state index < -0.39 is 0 Å². The van der Waals surface area contributed by atoms with Crippen LogP contribution in [-0.2, 0) is 0 Å². The number of piperidine rings is 1. The summed E-state index contributed by atoms with van der Waals surface area (Å²) in [5, 5.41) is 11.3. The molecule has 1 saturated heterocycles. The van der Waals surface area contributed by atoms with Crippen molar-refractivity contribution < 1.29 is 4.79 Å². The Balaban J connectivity index is 0.00000208. The van der Waals surface area contributed by atoms with Gasteiger partial charge in [-0.3, -0.25) is 4.79 Å². The fourth-order valence-electron chi connectivity index (χ4n) is 2.98. The molecule has 0 radical (unpaired) electrons. The minimum atomic E-state index is -0.0220. The molecule has 1 amide bonds. The second-order valence-electron chi connectivity index (χ2n) is 6.18. The number of aryl methyl sites for hydroxylation is 1. The zero-order valence-corrected chi connectivity index (χ0v) is 14.9. The summed E-state index contributed by atoms with van der Waals surface area (Å²) in [5.41, 5.74) is 2.52. The van der Waals surface area contributed by atoms with E-state index in [1.165, 1.54) is 5.56 Å². The van der Waals surface area contributed by atoms with E-state index in [0.29, 0.717) is 11.6 Å². The van der Waals surface area contributed by atoms with Gasteiger partial charge in [0, 0.05) is 13.1 Å². The number of carbonyl (C=O) groups is 1. The number of rotatable bonds is 4.